The van der Waals surface area contributed by atoms with Crippen molar-refractivity contribution in [2.45, 2.75) is 46.0 Å². The molecular formula is C22H24N2O2. The number of amides is 1. The maximum atomic E-state index is 12.4. The second kappa shape index (κ2) is 8.96. The molecule has 0 bridgehead atoms. The first kappa shape index (κ1) is 19.4. The number of anilines is 1. The molecule has 4 nitrogen and oxygen atoms in total. The van der Waals surface area contributed by atoms with Crippen molar-refractivity contribution >= 4 is 17.4 Å². The zero-order chi connectivity index (χ0) is 19.1. The van der Waals surface area contributed by atoms with Crippen LogP contribution in [-0.2, 0) is 9.59 Å². The Bertz CT molecular complexity index is 849. The Hall–Kier alpha value is -2.93. The number of nitrogens with one attached hydrogen (secondary N) is 1. The monoisotopic (exact) mass is 348 g/mol. The summed E-state index contributed by atoms with van der Waals surface area (Å²) < 4.78 is 0. The normalized spacial score (nSPS) is 11.5. The SMILES string of the molecule is Cc1ccc(NC(=O)CCCC(=O)[C@H](C#N)c2ccccc2C)cc1C. The summed E-state index contributed by atoms with van der Waals surface area (Å²) in [5.41, 5.74) is 4.74. The van der Waals surface area contributed by atoms with E-state index in [0.717, 1.165) is 22.4 Å². The van der Waals surface area contributed by atoms with E-state index >= 15 is 0 Å². The number of rotatable bonds is 7. The maximum absolute atomic E-state index is 12.4. The van der Waals surface area contributed by atoms with E-state index in [0.29, 0.717) is 6.42 Å². The molecule has 0 aliphatic heterocycles. The van der Waals surface area contributed by atoms with E-state index in [-0.39, 0.29) is 24.5 Å². The van der Waals surface area contributed by atoms with Crippen LogP contribution in [0.3, 0.4) is 0 Å². The molecule has 1 N–H and O–H groups in total. The first-order valence-corrected chi connectivity index (χ1v) is 8.77. The summed E-state index contributed by atoms with van der Waals surface area (Å²) in [7, 11) is 0. The van der Waals surface area contributed by atoms with E-state index in [4.69, 9.17) is 0 Å². The van der Waals surface area contributed by atoms with Gasteiger partial charge in [0, 0.05) is 18.5 Å². The van der Waals surface area contributed by atoms with Gasteiger partial charge in [0.1, 0.15) is 5.92 Å². The Morgan fingerprint density at radius 1 is 1.00 bits per heavy atom. The maximum Gasteiger partial charge on any atom is 0.224 e. The predicted molar refractivity (Wildman–Crippen MR) is 103 cm³/mol. The van der Waals surface area contributed by atoms with Gasteiger partial charge in [0.25, 0.3) is 0 Å². The molecule has 1 atom stereocenters. The zero-order valence-corrected chi connectivity index (χ0v) is 15.5. The lowest BCUT2D eigenvalue weighted by molar-refractivity contribution is -0.119. The molecule has 0 saturated heterocycles. The molecular weight excluding hydrogens is 324 g/mol. The second-order valence-electron chi connectivity index (χ2n) is 6.59. The number of benzene rings is 2. The van der Waals surface area contributed by atoms with Crippen molar-refractivity contribution in [3.05, 3.63) is 64.7 Å². The van der Waals surface area contributed by atoms with Crippen LogP contribution < -0.4 is 5.32 Å². The van der Waals surface area contributed by atoms with Gasteiger partial charge in [-0.2, -0.15) is 5.26 Å². The molecule has 0 saturated carbocycles. The number of Topliss-reactive ketones (excluding diaryl/α,β-unsaturated/α-hetero) is 1. The minimum Gasteiger partial charge on any atom is -0.326 e. The summed E-state index contributed by atoms with van der Waals surface area (Å²) in [5.74, 6) is -1.02. The highest BCUT2D eigenvalue weighted by Gasteiger charge is 2.21. The Morgan fingerprint density at radius 3 is 2.38 bits per heavy atom. The minimum absolute atomic E-state index is 0.120. The van der Waals surface area contributed by atoms with Gasteiger partial charge in [0.05, 0.1) is 6.07 Å². The summed E-state index contributed by atoms with van der Waals surface area (Å²) in [5, 5.41) is 12.2. The van der Waals surface area contributed by atoms with Crippen molar-refractivity contribution < 1.29 is 9.59 Å². The molecule has 0 aromatic heterocycles. The van der Waals surface area contributed by atoms with Gasteiger partial charge in [-0.25, -0.2) is 0 Å². The Kier molecular flexibility index (Phi) is 6.68. The van der Waals surface area contributed by atoms with Gasteiger partial charge in [-0.05, 0) is 61.6 Å². The fourth-order valence-electron chi connectivity index (χ4n) is 2.84. The quantitative estimate of drug-likeness (QED) is 0.795. The van der Waals surface area contributed by atoms with Gasteiger partial charge < -0.3 is 5.32 Å². The molecule has 26 heavy (non-hydrogen) atoms. The van der Waals surface area contributed by atoms with Crippen LogP contribution in [0.15, 0.2) is 42.5 Å². The standard InChI is InChI=1S/C22H24N2O2/c1-15-11-12-18(13-17(15)3)24-22(26)10-6-9-21(25)20(14-23)19-8-5-4-7-16(19)2/h4-5,7-8,11-13,20H,6,9-10H2,1-3H3,(H,24,26)/t20-/m1/s1. The third-order valence-corrected chi connectivity index (χ3v) is 4.57. The largest absolute Gasteiger partial charge is 0.326 e. The molecule has 0 aliphatic rings. The molecule has 0 radical (unpaired) electrons. The topological polar surface area (TPSA) is 70.0 Å². The summed E-state index contributed by atoms with van der Waals surface area (Å²) in [6, 6.07) is 15.3. The van der Waals surface area contributed by atoms with Crippen LogP contribution in [-0.4, -0.2) is 11.7 Å². The van der Waals surface area contributed by atoms with Gasteiger partial charge >= 0.3 is 0 Å². The van der Waals surface area contributed by atoms with Crippen molar-refractivity contribution in [2.75, 3.05) is 5.32 Å². The van der Waals surface area contributed by atoms with Crippen LogP contribution in [0.4, 0.5) is 5.69 Å². The van der Waals surface area contributed by atoms with Crippen molar-refractivity contribution in [1.82, 2.24) is 0 Å². The average molecular weight is 348 g/mol. The molecule has 134 valence electrons. The van der Waals surface area contributed by atoms with Gasteiger partial charge in [-0.3, -0.25) is 9.59 Å². The molecule has 0 heterocycles. The van der Waals surface area contributed by atoms with E-state index in [9.17, 15) is 14.9 Å². The highest BCUT2D eigenvalue weighted by atomic mass is 16.1. The number of aryl methyl sites for hydroxylation is 3. The van der Waals surface area contributed by atoms with E-state index in [1.165, 1.54) is 5.56 Å². The molecule has 2 aromatic rings. The van der Waals surface area contributed by atoms with Crippen molar-refractivity contribution in [2.24, 2.45) is 0 Å². The Morgan fingerprint density at radius 2 is 1.73 bits per heavy atom. The third kappa shape index (κ3) is 5.03. The third-order valence-electron chi connectivity index (χ3n) is 4.57. The van der Waals surface area contributed by atoms with Crippen molar-refractivity contribution in [3.63, 3.8) is 0 Å². The van der Waals surface area contributed by atoms with Crippen LogP contribution in [0.1, 0.15) is 47.4 Å². The summed E-state index contributed by atoms with van der Waals surface area (Å²) >= 11 is 0. The van der Waals surface area contributed by atoms with Crippen LogP contribution >= 0.6 is 0 Å². The minimum atomic E-state index is -0.765. The molecule has 0 spiro atoms. The van der Waals surface area contributed by atoms with Crippen molar-refractivity contribution in [3.8, 4) is 6.07 Å². The molecule has 2 rings (SSSR count). The summed E-state index contributed by atoms with van der Waals surface area (Å²) in [4.78, 5) is 24.5. The highest BCUT2D eigenvalue weighted by molar-refractivity contribution is 5.92. The molecule has 0 unspecified atom stereocenters. The number of carbonyl (C=O) groups excluding carboxylic acids is 2. The lowest BCUT2D eigenvalue weighted by Crippen LogP contribution is -2.15. The summed E-state index contributed by atoms with van der Waals surface area (Å²) in [6.07, 6.45) is 0.900. The molecule has 4 heteroatoms. The second-order valence-corrected chi connectivity index (χ2v) is 6.59. The molecule has 1 amide bonds. The fraction of sp³-hybridized carbons (Fsp3) is 0.318. The van der Waals surface area contributed by atoms with E-state index in [2.05, 4.69) is 11.4 Å². The van der Waals surface area contributed by atoms with Crippen LogP contribution in [0.5, 0.6) is 0 Å². The number of ketones is 1. The number of hydrogen-bond donors (Lipinski definition) is 1. The number of nitrogens with zero attached hydrogens (tertiary/aromatic N) is 1. The lowest BCUT2D eigenvalue weighted by atomic mass is 9.90. The first-order chi connectivity index (χ1) is 12.4. The van der Waals surface area contributed by atoms with Crippen LogP contribution in [0.2, 0.25) is 0 Å². The van der Waals surface area contributed by atoms with Gasteiger partial charge in [-0.15, -0.1) is 0 Å². The zero-order valence-electron chi connectivity index (χ0n) is 15.5. The molecule has 0 fully saturated rings. The van der Waals surface area contributed by atoms with E-state index in [1.54, 1.807) is 0 Å². The highest BCUT2D eigenvalue weighted by Crippen LogP contribution is 2.22. The Balaban J connectivity index is 1.87. The number of carbonyl (C=O) groups is 2. The Labute approximate surface area is 154 Å². The molecule has 2 aromatic carbocycles. The summed E-state index contributed by atoms with van der Waals surface area (Å²) in [6.45, 7) is 5.91. The fourth-order valence-corrected chi connectivity index (χ4v) is 2.84. The lowest BCUT2D eigenvalue weighted by Gasteiger charge is -2.11. The van der Waals surface area contributed by atoms with Crippen LogP contribution in [0, 0.1) is 32.1 Å². The van der Waals surface area contributed by atoms with Crippen molar-refractivity contribution in [1.29, 1.82) is 5.26 Å². The number of nitriles is 1. The van der Waals surface area contributed by atoms with E-state index < -0.39 is 5.92 Å². The number of hydrogen-bond acceptors (Lipinski definition) is 3. The predicted octanol–water partition coefficient (Wildman–Crippen LogP) is 4.60. The smallest absolute Gasteiger partial charge is 0.224 e. The van der Waals surface area contributed by atoms with Gasteiger partial charge in [-0.1, -0.05) is 30.3 Å². The van der Waals surface area contributed by atoms with Gasteiger partial charge in [0.15, 0.2) is 5.78 Å². The van der Waals surface area contributed by atoms with E-state index in [1.807, 2.05) is 63.2 Å². The average Bonchev–Trinajstić information content (AvgIpc) is 2.60. The van der Waals surface area contributed by atoms with Gasteiger partial charge in [0.2, 0.25) is 5.91 Å². The first-order valence-electron chi connectivity index (χ1n) is 8.77. The molecule has 0 aliphatic carbocycles. The van der Waals surface area contributed by atoms with Crippen LogP contribution in [0.25, 0.3) is 0 Å².